The molecule has 198 valence electrons. The van der Waals surface area contributed by atoms with E-state index in [0.29, 0.717) is 13.2 Å². The number of allylic oxidation sites excluding steroid dienone is 1. The van der Waals surface area contributed by atoms with Crippen LogP contribution in [-0.2, 0) is 20.8 Å². The first kappa shape index (κ1) is 29.4. The number of amides is 1. The summed E-state index contributed by atoms with van der Waals surface area (Å²) in [6.45, 7) is 8.77. The Labute approximate surface area is 214 Å². The molecule has 1 saturated heterocycles. The van der Waals surface area contributed by atoms with Gasteiger partial charge in [0, 0.05) is 0 Å². The highest BCUT2D eigenvalue weighted by Gasteiger charge is 2.39. The molecule has 0 unspecified atom stereocenters. The van der Waals surface area contributed by atoms with Crippen molar-refractivity contribution in [3.05, 3.63) is 48.0 Å². The Balaban J connectivity index is 1.75. The fraction of sp³-hybridized carbons (Fsp3) is 0.700. The number of hydrogen-bond donors (Lipinski definition) is 1. The van der Waals surface area contributed by atoms with Gasteiger partial charge in [0.1, 0.15) is 11.7 Å². The molecule has 5 nitrogen and oxygen atoms in total. The minimum atomic E-state index is -0.541. The lowest BCUT2D eigenvalue weighted by atomic mass is 10.0. The predicted molar refractivity (Wildman–Crippen MR) is 144 cm³/mol. The van der Waals surface area contributed by atoms with Gasteiger partial charge in [0.05, 0.1) is 25.4 Å². The van der Waals surface area contributed by atoms with Crippen LogP contribution in [0.2, 0.25) is 0 Å². The Bertz CT molecular complexity index is 713. The van der Waals surface area contributed by atoms with E-state index in [0.717, 1.165) is 18.4 Å². The van der Waals surface area contributed by atoms with Gasteiger partial charge < -0.3 is 19.5 Å². The number of nitrogens with one attached hydrogen (secondary N) is 1. The molecule has 1 aromatic rings. The summed E-state index contributed by atoms with van der Waals surface area (Å²) in [4.78, 5) is 12.4. The van der Waals surface area contributed by atoms with Gasteiger partial charge in [0.15, 0.2) is 0 Å². The minimum absolute atomic E-state index is 0.0852. The van der Waals surface area contributed by atoms with Crippen molar-refractivity contribution in [2.24, 2.45) is 0 Å². The van der Waals surface area contributed by atoms with Crippen LogP contribution in [0.25, 0.3) is 0 Å². The van der Waals surface area contributed by atoms with Gasteiger partial charge in [-0.2, -0.15) is 0 Å². The van der Waals surface area contributed by atoms with E-state index in [1.54, 1.807) is 0 Å². The first-order chi connectivity index (χ1) is 16.9. The maximum Gasteiger partial charge on any atom is 0.408 e. The Hall–Kier alpha value is -1.85. The largest absolute Gasteiger partial charge is 0.444 e. The fourth-order valence-corrected chi connectivity index (χ4v) is 4.37. The van der Waals surface area contributed by atoms with Crippen molar-refractivity contribution in [1.29, 1.82) is 0 Å². The average Bonchev–Trinajstić information content (AvgIpc) is 3.18. The summed E-state index contributed by atoms with van der Waals surface area (Å²) in [6, 6.07) is 9.87. The second-order valence-electron chi connectivity index (χ2n) is 10.7. The highest BCUT2D eigenvalue weighted by Crippen LogP contribution is 2.23. The first-order valence-electron chi connectivity index (χ1n) is 13.8. The molecule has 5 heteroatoms. The molecule has 0 radical (unpaired) electrons. The zero-order valence-corrected chi connectivity index (χ0v) is 22.6. The third-order valence-electron chi connectivity index (χ3n) is 6.25. The summed E-state index contributed by atoms with van der Waals surface area (Å²) >= 11 is 0. The molecular weight excluding hydrogens is 438 g/mol. The summed E-state index contributed by atoms with van der Waals surface area (Å²) in [5.74, 6) is 0. The lowest BCUT2D eigenvalue weighted by Gasteiger charge is -2.25. The lowest BCUT2D eigenvalue weighted by molar-refractivity contribution is -0.0222. The molecule has 1 amide bonds. The maximum atomic E-state index is 12.4. The summed E-state index contributed by atoms with van der Waals surface area (Å²) < 4.78 is 17.8. The molecule has 35 heavy (non-hydrogen) atoms. The van der Waals surface area contributed by atoms with Gasteiger partial charge in [0.25, 0.3) is 0 Å². The minimum Gasteiger partial charge on any atom is -0.444 e. The molecule has 1 heterocycles. The Morgan fingerprint density at radius 3 is 2.31 bits per heavy atom. The van der Waals surface area contributed by atoms with E-state index >= 15 is 0 Å². The van der Waals surface area contributed by atoms with Gasteiger partial charge in [-0.3, -0.25) is 0 Å². The molecule has 1 aliphatic rings. The van der Waals surface area contributed by atoms with Crippen molar-refractivity contribution in [3.63, 3.8) is 0 Å². The van der Waals surface area contributed by atoms with Crippen molar-refractivity contribution < 1.29 is 19.0 Å². The highest BCUT2D eigenvalue weighted by atomic mass is 16.6. The van der Waals surface area contributed by atoms with Crippen LogP contribution in [0.5, 0.6) is 0 Å². The van der Waals surface area contributed by atoms with Crippen LogP contribution in [-0.4, -0.2) is 36.6 Å². The molecule has 0 aromatic heterocycles. The summed E-state index contributed by atoms with van der Waals surface area (Å²) in [6.07, 6.45) is 17.8. The molecular formula is C30H49NO4. The predicted octanol–water partition coefficient (Wildman–Crippen LogP) is 7.73. The van der Waals surface area contributed by atoms with E-state index in [-0.39, 0.29) is 18.2 Å². The van der Waals surface area contributed by atoms with Gasteiger partial charge in [-0.1, -0.05) is 101 Å². The van der Waals surface area contributed by atoms with Crippen molar-refractivity contribution in [2.75, 3.05) is 6.61 Å². The molecule has 1 fully saturated rings. The van der Waals surface area contributed by atoms with Crippen LogP contribution in [0.3, 0.4) is 0 Å². The number of unbranched alkanes of at least 4 members (excludes halogenated alkanes) is 9. The number of alkyl carbamates (subject to hydrolysis) is 1. The van der Waals surface area contributed by atoms with E-state index in [2.05, 4.69) is 24.4 Å². The third-order valence-corrected chi connectivity index (χ3v) is 6.25. The molecule has 3 atom stereocenters. The summed E-state index contributed by atoms with van der Waals surface area (Å²) in [7, 11) is 0. The van der Waals surface area contributed by atoms with Crippen LogP contribution in [0, 0.1) is 0 Å². The summed E-state index contributed by atoms with van der Waals surface area (Å²) in [5, 5.41) is 2.96. The van der Waals surface area contributed by atoms with E-state index in [1.165, 1.54) is 57.8 Å². The SMILES string of the molecule is CCCCCCCCCCC/C=C\C[C@@H]1OC[C@H](NC(=O)OC(C)(C)C)[C@H]1OCc1ccccc1. The van der Waals surface area contributed by atoms with Gasteiger partial charge in [-0.25, -0.2) is 4.79 Å². The summed E-state index contributed by atoms with van der Waals surface area (Å²) in [5.41, 5.74) is 0.566. The molecule has 1 aliphatic heterocycles. The smallest absolute Gasteiger partial charge is 0.408 e. The number of rotatable bonds is 16. The molecule has 1 aromatic carbocycles. The Kier molecular flexibility index (Phi) is 14.1. The highest BCUT2D eigenvalue weighted by molar-refractivity contribution is 5.68. The van der Waals surface area contributed by atoms with Crippen molar-refractivity contribution in [3.8, 4) is 0 Å². The zero-order valence-electron chi connectivity index (χ0n) is 22.6. The fourth-order valence-electron chi connectivity index (χ4n) is 4.37. The molecule has 1 N–H and O–H groups in total. The average molecular weight is 488 g/mol. The van der Waals surface area contributed by atoms with Gasteiger partial charge in [-0.15, -0.1) is 0 Å². The van der Waals surface area contributed by atoms with Crippen LogP contribution in [0.15, 0.2) is 42.5 Å². The van der Waals surface area contributed by atoms with Gasteiger partial charge >= 0.3 is 6.09 Å². The number of hydrogen-bond acceptors (Lipinski definition) is 4. The number of carbonyl (C=O) groups excluding carboxylic acids is 1. The third kappa shape index (κ3) is 13.1. The second kappa shape index (κ2) is 16.8. The van der Waals surface area contributed by atoms with E-state index < -0.39 is 11.7 Å². The van der Waals surface area contributed by atoms with Crippen LogP contribution in [0.1, 0.15) is 104 Å². The second-order valence-corrected chi connectivity index (χ2v) is 10.7. The molecule has 0 bridgehead atoms. The Morgan fingerprint density at radius 1 is 1.00 bits per heavy atom. The maximum absolute atomic E-state index is 12.4. The van der Waals surface area contributed by atoms with Crippen LogP contribution < -0.4 is 5.32 Å². The van der Waals surface area contributed by atoms with E-state index in [1.807, 2.05) is 51.1 Å². The lowest BCUT2D eigenvalue weighted by Crippen LogP contribution is -2.47. The van der Waals surface area contributed by atoms with Crippen LogP contribution in [0.4, 0.5) is 4.79 Å². The number of carbonyl (C=O) groups is 1. The van der Waals surface area contributed by atoms with Gasteiger partial charge in [0.2, 0.25) is 0 Å². The quantitative estimate of drug-likeness (QED) is 0.191. The standard InChI is InChI=1S/C30H49NO4/c1-5-6-7-8-9-10-11-12-13-14-15-19-22-27-28(34-23-25-20-17-16-18-21-25)26(24-33-27)31-29(32)35-30(2,3)4/h15-21,26-28H,5-14,22-24H2,1-4H3,(H,31,32)/b19-15-/t26-,27-,28+/m0/s1. The van der Waals surface area contributed by atoms with Crippen molar-refractivity contribution in [2.45, 2.75) is 129 Å². The van der Waals surface area contributed by atoms with Crippen molar-refractivity contribution >= 4 is 6.09 Å². The molecule has 2 rings (SSSR count). The van der Waals surface area contributed by atoms with Crippen molar-refractivity contribution in [1.82, 2.24) is 5.32 Å². The van der Waals surface area contributed by atoms with E-state index in [4.69, 9.17) is 14.2 Å². The number of ether oxygens (including phenoxy) is 3. The monoisotopic (exact) mass is 487 g/mol. The normalized spacial score (nSPS) is 20.4. The molecule has 0 saturated carbocycles. The Morgan fingerprint density at radius 2 is 1.66 bits per heavy atom. The molecule has 0 spiro atoms. The topological polar surface area (TPSA) is 56.8 Å². The molecule has 0 aliphatic carbocycles. The van der Waals surface area contributed by atoms with Gasteiger partial charge in [-0.05, 0) is 45.6 Å². The number of benzene rings is 1. The zero-order chi connectivity index (χ0) is 25.4. The van der Waals surface area contributed by atoms with Crippen LogP contribution >= 0.6 is 0 Å². The van der Waals surface area contributed by atoms with E-state index in [9.17, 15) is 4.79 Å². The first-order valence-corrected chi connectivity index (χ1v) is 13.8.